The van der Waals surface area contributed by atoms with Crippen LogP contribution < -0.4 is 4.74 Å². The fraction of sp³-hybridized carbons (Fsp3) is 0.0769. The fourth-order valence-corrected chi connectivity index (χ4v) is 2.42. The van der Waals surface area contributed by atoms with E-state index in [9.17, 15) is 0 Å². The van der Waals surface area contributed by atoms with Crippen LogP contribution in [0.25, 0.3) is 0 Å². The second kappa shape index (κ2) is 5.89. The zero-order valence-corrected chi connectivity index (χ0v) is 12.7. The number of benzene rings is 2. The van der Waals surface area contributed by atoms with Gasteiger partial charge in [-0.25, -0.2) is 0 Å². The Bertz CT molecular complexity index is 529. The first-order valence-electron chi connectivity index (χ1n) is 4.97. The van der Waals surface area contributed by atoms with Gasteiger partial charge in [0.2, 0.25) is 0 Å². The Morgan fingerprint density at radius 2 is 1.94 bits per heavy atom. The van der Waals surface area contributed by atoms with E-state index in [0.717, 1.165) is 21.5 Å². The zero-order chi connectivity index (χ0) is 12.3. The van der Waals surface area contributed by atoms with Gasteiger partial charge in [0, 0.05) is 20.4 Å². The lowest BCUT2D eigenvalue weighted by Crippen LogP contribution is -1.89. The van der Waals surface area contributed by atoms with Crippen LogP contribution in [0, 0.1) is 0 Å². The van der Waals surface area contributed by atoms with E-state index in [-0.39, 0.29) is 0 Å². The van der Waals surface area contributed by atoms with Gasteiger partial charge in [-0.15, -0.1) is 0 Å². The molecule has 0 radical (unpaired) electrons. The van der Waals surface area contributed by atoms with Crippen molar-refractivity contribution in [2.24, 2.45) is 0 Å². The molecule has 0 atom stereocenters. The summed E-state index contributed by atoms with van der Waals surface area (Å²) in [6.07, 6.45) is 0. The molecule has 0 amide bonds. The molecule has 0 heterocycles. The number of rotatable bonds is 3. The molecule has 0 bridgehead atoms. The fourth-order valence-electron chi connectivity index (χ4n) is 1.41. The maximum Gasteiger partial charge on any atom is 0.131 e. The molecule has 4 heteroatoms. The smallest absolute Gasteiger partial charge is 0.131 e. The lowest BCUT2D eigenvalue weighted by molar-refractivity contribution is 0.478. The molecule has 88 valence electrons. The molecule has 0 aliphatic carbocycles. The maximum atomic E-state index is 5.94. The predicted molar refractivity (Wildman–Crippen MR) is 78.3 cm³/mol. The van der Waals surface area contributed by atoms with E-state index in [1.165, 1.54) is 0 Å². The van der Waals surface area contributed by atoms with Crippen molar-refractivity contribution >= 4 is 43.5 Å². The van der Waals surface area contributed by atoms with Crippen LogP contribution in [0.1, 0.15) is 5.56 Å². The Labute approximate surface area is 122 Å². The van der Waals surface area contributed by atoms with E-state index < -0.39 is 0 Å². The van der Waals surface area contributed by atoms with Crippen LogP contribution in [0.2, 0.25) is 5.02 Å². The average molecular weight is 376 g/mol. The number of hydrogen-bond acceptors (Lipinski definition) is 1. The summed E-state index contributed by atoms with van der Waals surface area (Å²) in [4.78, 5) is 0. The van der Waals surface area contributed by atoms with E-state index >= 15 is 0 Å². The average Bonchev–Trinajstić information content (AvgIpc) is 2.31. The summed E-state index contributed by atoms with van der Waals surface area (Å²) in [5, 5.41) is 1.41. The molecule has 17 heavy (non-hydrogen) atoms. The molecule has 2 rings (SSSR count). The molecule has 1 nitrogen and oxygen atoms in total. The van der Waals surface area contributed by atoms with Crippen molar-refractivity contribution < 1.29 is 4.74 Å². The van der Waals surface area contributed by atoms with Gasteiger partial charge in [-0.3, -0.25) is 0 Å². The number of hydrogen-bond donors (Lipinski definition) is 0. The van der Waals surface area contributed by atoms with Crippen LogP contribution >= 0.6 is 43.5 Å². The minimum atomic E-state index is 0.705. The highest BCUT2D eigenvalue weighted by Gasteiger charge is 2.05. The van der Waals surface area contributed by atoms with Crippen molar-refractivity contribution in [2.45, 2.75) is 5.33 Å². The third-order valence-corrected chi connectivity index (χ3v) is 3.52. The highest BCUT2D eigenvalue weighted by Crippen LogP contribution is 2.30. The van der Waals surface area contributed by atoms with E-state index in [4.69, 9.17) is 16.3 Å². The summed E-state index contributed by atoms with van der Waals surface area (Å²) in [7, 11) is 0. The van der Waals surface area contributed by atoms with Gasteiger partial charge in [0.25, 0.3) is 0 Å². The summed E-state index contributed by atoms with van der Waals surface area (Å²) >= 11 is 12.8. The van der Waals surface area contributed by atoms with Gasteiger partial charge in [0.1, 0.15) is 11.5 Å². The second-order valence-corrected chi connectivity index (χ2v) is 5.36. The van der Waals surface area contributed by atoms with Crippen molar-refractivity contribution in [2.75, 3.05) is 0 Å². The summed E-state index contributed by atoms with van der Waals surface area (Å²) in [6, 6.07) is 13.3. The normalized spacial score (nSPS) is 10.3. The van der Waals surface area contributed by atoms with Crippen LogP contribution in [-0.2, 0) is 5.33 Å². The largest absolute Gasteiger partial charge is 0.457 e. The third-order valence-electron chi connectivity index (χ3n) is 2.19. The topological polar surface area (TPSA) is 9.23 Å². The van der Waals surface area contributed by atoms with E-state index in [2.05, 4.69) is 31.9 Å². The third kappa shape index (κ3) is 3.47. The molecule has 0 aliphatic heterocycles. The summed E-state index contributed by atoms with van der Waals surface area (Å²) in [5.41, 5.74) is 1.03. The minimum absolute atomic E-state index is 0.705. The van der Waals surface area contributed by atoms with Gasteiger partial charge in [-0.1, -0.05) is 49.5 Å². The molecule has 0 aromatic heterocycles. The monoisotopic (exact) mass is 374 g/mol. The molecule has 0 N–H and O–H groups in total. The number of ether oxygens (including phenoxy) is 1. The molecule has 0 unspecified atom stereocenters. The number of alkyl halides is 1. The van der Waals surface area contributed by atoms with Crippen molar-refractivity contribution in [1.82, 2.24) is 0 Å². The van der Waals surface area contributed by atoms with Crippen LogP contribution in [0.5, 0.6) is 11.5 Å². The Morgan fingerprint density at radius 1 is 1.12 bits per heavy atom. The molecule has 0 saturated heterocycles. The SMILES string of the molecule is Clc1ccc(Oc2cccc(Br)c2)c(CBr)c1. The van der Waals surface area contributed by atoms with Gasteiger partial charge in [0.05, 0.1) is 0 Å². The lowest BCUT2D eigenvalue weighted by atomic mass is 10.2. The molecular weight excluding hydrogens is 367 g/mol. The Hall–Kier alpha value is -0.510. The molecule has 2 aromatic carbocycles. The second-order valence-electron chi connectivity index (χ2n) is 3.45. The predicted octanol–water partition coefficient (Wildman–Crippen LogP) is 5.79. The van der Waals surface area contributed by atoms with Crippen LogP contribution in [-0.4, -0.2) is 0 Å². The summed E-state index contributed by atoms with van der Waals surface area (Å²) in [5.74, 6) is 1.60. The number of halogens is 3. The van der Waals surface area contributed by atoms with Gasteiger partial charge < -0.3 is 4.74 Å². The lowest BCUT2D eigenvalue weighted by Gasteiger charge is -2.10. The highest BCUT2D eigenvalue weighted by atomic mass is 79.9. The molecule has 0 saturated carbocycles. The first-order chi connectivity index (χ1) is 8.19. The van der Waals surface area contributed by atoms with Gasteiger partial charge in [-0.05, 0) is 36.4 Å². The van der Waals surface area contributed by atoms with E-state index in [1.54, 1.807) is 0 Å². The molecule has 0 fully saturated rings. The molecule has 0 spiro atoms. The van der Waals surface area contributed by atoms with Crippen molar-refractivity contribution in [1.29, 1.82) is 0 Å². The summed E-state index contributed by atoms with van der Waals surface area (Å²) < 4.78 is 6.81. The van der Waals surface area contributed by atoms with Crippen LogP contribution in [0.15, 0.2) is 46.9 Å². The minimum Gasteiger partial charge on any atom is -0.457 e. The molecule has 2 aromatic rings. The van der Waals surface area contributed by atoms with Crippen molar-refractivity contribution in [3.8, 4) is 11.5 Å². The van der Waals surface area contributed by atoms with E-state index in [0.29, 0.717) is 10.4 Å². The standard InChI is InChI=1S/C13H9Br2ClO/c14-8-9-6-11(16)4-5-13(9)17-12-3-1-2-10(15)7-12/h1-7H,8H2. The van der Waals surface area contributed by atoms with Crippen LogP contribution in [0.4, 0.5) is 0 Å². The highest BCUT2D eigenvalue weighted by molar-refractivity contribution is 9.10. The van der Waals surface area contributed by atoms with Gasteiger partial charge >= 0.3 is 0 Å². The quantitative estimate of drug-likeness (QED) is 0.616. The molecule has 0 aliphatic rings. The maximum absolute atomic E-state index is 5.94. The van der Waals surface area contributed by atoms with Gasteiger partial charge in [0.15, 0.2) is 0 Å². The van der Waals surface area contributed by atoms with Gasteiger partial charge in [-0.2, -0.15) is 0 Å². The molecular formula is C13H9Br2ClO. The Morgan fingerprint density at radius 3 is 2.65 bits per heavy atom. The first kappa shape index (κ1) is 12.9. The van der Waals surface area contributed by atoms with E-state index in [1.807, 2.05) is 42.5 Å². The Kier molecular flexibility index (Phi) is 4.48. The van der Waals surface area contributed by atoms with Crippen molar-refractivity contribution in [3.05, 3.63) is 57.5 Å². The van der Waals surface area contributed by atoms with Crippen LogP contribution in [0.3, 0.4) is 0 Å². The summed E-state index contributed by atoms with van der Waals surface area (Å²) in [6.45, 7) is 0. The zero-order valence-electron chi connectivity index (χ0n) is 8.79. The Balaban J connectivity index is 2.29. The first-order valence-corrected chi connectivity index (χ1v) is 7.26. The van der Waals surface area contributed by atoms with Crippen molar-refractivity contribution in [3.63, 3.8) is 0 Å².